The number of halogens is 1. The van der Waals surface area contributed by atoms with E-state index < -0.39 is 38.6 Å². The van der Waals surface area contributed by atoms with Gasteiger partial charge in [-0.1, -0.05) is 6.07 Å². The quantitative estimate of drug-likeness (QED) is 0.239. The highest BCUT2D eigenvalue weighted by Gasteiger charge is 2.35. The number of amides is 3. The maximum atomic E-state index is 12.4. The summed E-state index contributed by atoms with van der Waals surface area (Å²) in [5.41, 5.74) is 5.21. The monoisotopic (exact) mass is 541 g/mol. The van der Waals surface area contributed by atoms with Crippen LogP contribution in [0.1, 0.15) is 5.56 Å². The largest absolute Gasteiger partial charge is 0.378 e. The summed E-state index contributed by atoms with van der Waals surface area (Å²) in [6.45, 7) is -0.529. The number of rotatable bonds is 7. The number of primary amides is 1. The van der Waals surface area contributed by atoms with Crippen LogP contribution in [0.5, 0.6) is 5.75 Å². The Kier molecular flexibility index (Phi) is 6.66. The summed E-state index contributed by atoms with van der Waals surface area (Å²) in [6, 6.07) is 8.43. The molecule has 1 fully saturated rings. The predicted octanol–water partition coefficient (Wildman–Crippen LogP) is 2.65. The zero-order valence-corrected chi connectivity index (χ0v) is 19.0. The molecule has 14 heteroatoms. The number of nitro benzene ring substituents is 1. The molecule has 1 aliphatic heterocycles. The van der Waals surface area contributed by atoms with Crippen molar-refractivity contribution < 1.29 is 31.9 Å². The first kappa shape index (κ1) is 23.4. The van der Waals surface area contributed by atoms with Gasteiger partial charge >= 0.3 is 10.1 Å². The third-order valence-corrected chi connectivity index (χ3v) is 6.75. The Labute approximate surface area is 193 Å². The van der Waals surface area contributed by atoms with Crippen LogP contribution in [-0.4, -0.2) is 41.8 Å². The Hall–Kier alpha value is -3.23. The van der Waals surface area contributed by atoms with Crippen molar-refractivity contribution in [1.82, 2.24) is 4.90 Å². The molecule has 2 aromatic carbocycles. The molecule has 3 amide bonds. The van der Waals surface area contributed by atoms with E-state index >= 15 is 0 Å². The summed E-state index contributed by atoms with van der Waals surface area (Å²) in [5.74, 6) is -1.56. The standard InChI is InChI=1S/C18H12BrN3O8S2/c19-13-7-10(8-15-17(24)21(9-16(20)23)18(25)31-15)1-6-14(13)30-32(28,29)12-4-2-11(3-5-12)22(26)27/h1-8H,9H2,(H2,20,23)/b15-8-. The fourth-order valence-electron chi connectivity index (χ4n) is 2.52. The molecule has 2 N–H and O–H groups in total. The molecule has 0 radical (unpaired) electrons. The molecule has 0 atom stereocenters. The Bertz CT molecular complexity index is 1280. The molecule has 0 spiro atoms. The van der Waals surface area contributed by atoms with E-state index in [9.17, 15) is 32.9 Å². The summed E-state index contributed by atoms with van der Waals surface area (Å²) in [7, 11) is -4.27. The molecule has 0 aromatic heterocycles. The minimum Gasteiger partial charge on any atom is -0.378 e. The highest BCUT2D eigenvalue weighted by Crippen LogP contribution is 2.34. The smallest absolute Gasteiger partial charge is 0.339 e. The Morgan fingerprint density at radius 3 is 2.44 bits per heavy atom. The van der Waals surface area contributed by atoms with Crippen molar-refractivity contribution in [3.8, 4) is 5.75 Å². The van der Waals surface area contributed by atoms with E-state index in [-0.39, 0.29) is 25.7 Å². The molecule has 0 bridgehead atoms. The third-order valence-electron chi connectivity index (χ3n) is 3.98. The van der Waals surface area contributed by atoms with E-state index in [1.807, 2.05) is 0 Å². The molecule has 3 rings (SSSR count). The molecule has 1 aliphatic rings. The molecule has 11 nitrogen and oxygen atoms in total. The summed E-state index contributed by atoms with van der Waals surface area (Å²) < 4.78 is 30.2. The molecular formula is C18H12BrN3O8S2. The van der Waals surface area contributed by atoms with Crippen LogP contribution in [0.2, 0.25) is 0 Å². The molecule has 0 aliphatic carbocycles. The molecule has 1 saturated heterocycles. The topological polar surface area (TPSA) is 167 Å². The van der Waals surface area contributed by atoms with Crippen molar-refractivity contribution in [3.05, 3.63) is 67.5 Å². The van der Waals surface area contributed by atoms with E-state index in [4.69, 9.17) is 9.92 Å². The lowest BCUT2D eigenvalue weighted by atomic mass is 10.2. The first-order valence-electron chi connectivity index (χ1n) is 8.50. The lowest BCUT2D eigenvalue weighted by molar-refractivity contribution is -0.384. The van der Waals surface area contributed by atoms with Crippen molar-refractivity contribution in [2.24, 2.45) is 5.73 Å². The van der Waals surface area contributed by atoms with Crippen LogP contribution >= 0.6 is 27.7 Å². The third kappa shape index (κ3) is 5.15. The lowest BCUT2D eigenvalue weighted by Crippen LogP contribution is -2.36. The van der Waals surface area contributed by atoms with Crippen LogP contribution in [-0.2, 0) is 19.7 Å². The van der Waals surface area contributed by atoms with Gasteiger partial charge in [-0.3, -0.25) is 29.4 Å². The van der Waals surface area contributed by atoms with Crippen molar-refractivity contribution in [2.45, 2.75) is 4.90 Å². The van der Waals surface area contributed by atoms with Gasteiger partial charge in [0.05, 0.1) is 14.3 Å². The Morgan fingerprint density at radius 1 is 1.22 bits per heavy atom. The number of carbonyl (C=O) groups excluding carboxylic acids is 3. The molecule has 2 aromatic rings. The number of hydrogen-bond acceptors (Lipinski definition) is 9. The minimum absolute atomic E-state index is 0.0651. The Balaban J connectivity index is 1.80. The second kappa shape index (κ2) is 9.10. The van der Waals surface area contributed by atoms with Gasteiger partial charge in [-0.25, -0.2) is 0 Å². The van der Waals surface area contributed by atoms with Crippen molar-refractivity contribution in [1.29, 1.82) is 0 Å². The van der Waals surface area contributed by atoms with Gasteiger partial charge in [0.25, 0.3) is 16.8 Å². The number of nitrogens with zero attached hydrogens (tertiary/aromatic N) is 2. The average molecular weight is 542 g/mol. The van der Waals surface area contributed by atoms with Crippen LogP contribution in [0.3, 0.4) is 0 Å². The van der Waals surface area contributed by atoms with E-state index in [2.05, 4.69) is 15.9 Å². The number of hydrogen-bond donors (Lipinski definition) is 1. The first-order valence-corrected chi connectivity index (χ1v) is 11.5. The number of imide groups is 1. The fourth-order valence-corrected chi connectivity index (χ4v) is 4.89. The van der Waals surface area contributed by atoms with Gasteiger partial charge in [-0.2, -0.15) is 8.42 Å². The number of nitro groups is 1. The van der Waals surface area contributed by atoms with E-state index in [0.29, 0.717) is 17.3 Å². The van der Waals surface area contributed by atoms with Crippen LogP contribution in [0.15, 0.2) is 56.7 Å². The molecule has 166 valence electrons. The summed E-state index contributed by atoms with van der Waals surface area (Å²) in [6.07, 6.45) is 1.39. The maximum absolute atomic E-state index is 12.4. The van der Waals surface area contributed by atoms with Gasteiger partial charge in [-0.15, -0.1) is 0 Å². The fraction of sp³-hybridized carbons (Fsp3) is 0.0556. The highest BCUT2D eigenvalue weighted by molar-refractivity contribution is 9.10. The molecule has 1 heterocycles. The van der Waals surface area contributed by atoms with E-state index in [1.54, 1.807) is 0 Å². The van der Waals surface area contributed by atoms with Gasteiger partial charge in [0.15, 0.2) is 5.75 Å². The van der Waals surface area contributed by atoms with Gasteiger partial charge in [-0.05, 0) is 63.6 Å². The average Bonchev–Trinajstić information content (AvgIpc) is 2.97. The maximum Gasteiger partial charge on any atom is 0.339 e. The highest BCUT2D eigenvalue weighted by atomic mass is 79.9. The van der Waals surface area contributed by atoms with Crippen molar-refractivity contribution in [2.75, 3.05) is 6.54 Å². The van der Waals surface area contributed by atoms with Crippen molar-refractivity contribution in [3.63, 3.8) is 0 Å². The van der Waals surface area contributed by atoms with E-state index in [1.165, 1.54) is 24.3 Å². The number of nitrogens with two attached hydrogens (primary N) is 1. The van der Waals surface area contributed by atoms with Crippen LogP contribution < -0.4 is 9.92 Å². The van der Waals surface area contributed by atoms with Crippen LogP contribution in [0.25, 0.3) is 6.08 Å². The second-order valence-corrected chi connectivity index (χ2v) is 9.61. The number of non-ortho nitro benzene ring substituents is 1. The van der Waals surface area contributed by atoms with Gasteiger partial charge in [0.2, 0.25) is 5.91 Å². The summed E-state index contributed by atoms with van der Waals surface area (Å²) in [4.78, 5) is 45.7. The van der Waals surface area contributed by atoms with Crippen molar-refractivity contribution >= 4 is 66.6 Å². The normalized spacial score (nSPS) is 15.3. The predicted molar refractivity (Wildman–Crippen MR) is 117 cm³/mol. The molecule has 0 unspecified atom stereocenters. The first-order chi connectivity index (χ1) is 15.0. The number of benzene rings is 2. The summed E-state index contributed by atoms with van der Waals surface area (Å²) >= 11 is 3.83. The number of thioether (sulfide) groups is 1. The van der Waals surface area contributed by atoms with Gasteiger partial charge in [0, 0.05) is 12.1 Å². The second-order valence-electron chi connectivity index (χ2n) is 6.21. The van der Waals surface area contributed by atoms with Gasteiger partial charge in [0.1, 0.15) is 11.4 Å². The SMILES string of the molecule is NC(=O)CN1C(=O)S/C(=C\c2ccc(OS(=O)(=O)c3ccc([N+](=O)[O-])cc3)c(Br)c2)C1=O. The molecule has 0 saturated carbocycles. The zero-order chi connectivity index (χ0) is 23.6. The molecular weight excluding hydrogens is 530 g/mol. The Morgan fingerprint density at radius 2 is 1.88 bits per heavy atom. The lowest BCUT2D eigenvalue weighted by Gasteiger charge is -2.10. The van der Waals surface area contributed by atoms with Crippen LogP contribution in [0, 0.1) is 10.1 Å². The van der Waals surface area contributed by atoms with E-state index in [0.717, 1.165) is 29.2 Å². The zero-order valence-electron chi connectivity index (χ0n) is 15.8. The van der Waals surface area contributed by atoms with Gasteiger partial charge < -0.3 is 9.92 Å². The van der Waals surface area contributed by atoms with Crippen LogP contribution in [0.4, 0.5) is 10.5 Å². The minimum atomic E-state index is -4.27. The number of carbonyl (C=O) groups is 3. The molecule has 32 heavy (non-hydrogen) atoms. The summed E-state index contributed by atoms with van der Waals surface area (Å²) in [5, 5.41) is 10.1.